The number of hydrogen-bond acceptors (Lipinski definition) is 5. The van der Waals surface area contributed by atoms with Crippen molar-refractivity contribution in [1.82, 2.24) is 20.1 Å². The molecule has 11 heteroatoms. The molecule has 3 fully saturated rings. The number of para-hydroxylation sites is 1. The number of amides is 2. The Labute approximate surface area is 248 Å². The van der Waals surface area contributed by atoms with Gasteiger partial charge in [0.15, 0.2) is 0 Å². The van der Waals surface area contributed by atoms with Crippen LogP contribution in [0.1, 0.15) is 79.0 Å². The van der Waals surface area contributed by atoms with E-state index in [2.05, 4.69) is 37.2 Å². The number of halogens is 3. The van der Waals surface area contributed by atoms with Crippen molar-refractivity contribution < 1.29 is 18.4 Å². The zero-order valence-corrected chi connectivity index (χ0v) is 23.9. The second-order valence-corrected chi connectivity index (χ2v) is 12.6. The van der Waals surface area contributed by atoms with Crippen molar-refractivity contribution in [3.05, 3.63) is 70.8 Å². The molecule has 4 aliphatic rings. The molecule has 3 aromatic rings. The number of fused-ring (bicyclic) bond motifs is 2. The molecule has 42 heavy (non-hydrogen) atoms. The van der Waals surface area contributed by atoms with Gasteiger partial charge in [-0.1, -0.05) is 29.8 Å². The third-order valence-electron chi connectivity index (χ3n) is 9.65. The van der Waals surface area contributed by atoms with Gasteiger partial charge in [0.05, 0.1) is 28.5 Å². The minimum atomic E-state index is -2.87. The molecule has 7 rings (SSSR count). The summed E-state index contributed by atoms with van der Waals surface area (Å²) in [5, 5.41) is 7.62. The van der Waals surface area contributed by atoms with Gasteiger partial charge in [0, 0.05) is 43.8 Å². The van der Waals surface area contributed by atoms with Crippen LogP contribution in [0.3, 0.4) is 0 Å². The normalized spacial score (nSPS) is 23.2. The molecule has 2 aliphatic carbocycles. The topological polar surface area (TPSA) is 83.4 Å². The summed E-state index contributed by atoms with van der Waals surface area (Å²) in [5.74, 6) is -0.136. The third kappa shape index (κ3) is 4.64. The molecule has 2 aromatic heterocycles. The van der Waals surface area contributed by atoms with Crippen molar-refractivity contribution in [3.63, 3.8) is 0 Å². The first-order valence-corrected chi connectivity index (χ1v) is 15.2. The Balaban J connectivity index is 0.984. The predicted octanol–water partition coefficient (Wildman–Crippen LogP) is 5.69. The van der Waals surface area contributed by atoms with Gasteiger partial charge >= 0.3 is 0 Å². The van der Waals surface area contributed by atoms with Crippen molar-refractivity contribution in [2.45, 2.75) is 68.9 Å². The molecule has 4 heterocycles. The number of aromatic nitrogens is 3. The lowest BCUT2D eigenvalue weighted by Gasteiger charge is -2.47. The molecule has 2 aliphatic heterocycles. The molecular weight excluding hydrogens is 562 g/mol. The summed E-state index contributed by atoms with van der Waals surface area (Å²) in [6, 6.07) is 9.75. The van der Waals surface area contributed by atoms with Crippen LogP contribution < -0.4 is 15.1 Å². The number of anilines is 2. The van der Waals surface area contributed by atoms with E-state index in [1.54, 1.807) is 0 Å². The number of carbonyl (C=O) groups excluding carboxylic acids is 2. The Hall–Kier alpha value is -3.53. The summed E-state index contributed by atoms with van der Waals surface area (Å²) in [4.78, 5) is 34.7. The fraction of sp³-hybridized carbons (Fsp3) is 0.484. The molecule has 1 N–H and O–H groups in total. The summed E-state index contributed by atoms with van der Waals surface area (Å²) >= 11 is 5.92. The highest BCUT2D eigenvalue weighted by Gasteiger charge is 2.58. The molecule has 0 atom stereocenters. The van der Waals surface area contributed by atoms with Crippen LogP contribution in [0.15, 0.2) is 48.9 Å². The zero-order chi connectivity index (χ0) is 29.0. The van der Waals surface area contributed by atoms with E-state index in [4.69, 9.17) is 11.6 Å². The van der Waals surface area contributed by atoms with Gasteiger partial charge in [-0.3, -0.25) is 19.3 Å². The zero-order valence-electron chi connectivity index (χ0n) is 23.2. The Morgan fingerprint density at radius 3 is 2.57 bits per heavy atom. The van der Waals surface area contributed by atoms with Crippen LogP contribution in [0.5, 0.6) is 0 Å². The van der Waals surface area contributed by atoms with E-state index in [0.717, 1.165) is 36.0 Å². The first-order chi connectivity index (χ1) is 20.3. The molecule has 1 aromatic carbocycles. The predicted molar refractivity (Wildman–Crippen MR) is 155 cm³/mol. The SMILES string of the molecule is O=C(NC1CCC(CN2C(=O)C3(CN(c4cnn(C5CCC5)c4)C3)c3ccccc32)CC1)c1cc(Cl)cnc1C(F)F. The van der Waals surface area contributed by atoms with E-state index in [0.29, 0.717) is 38.5 Å². The van der Waals surface area contributed by atoms with Crippen LogP contribution in [0, 0.1) is 5.92 Å². The monoisotopic (exact) mass is 594 g/mol. The molecule has 1 spiro atoms. The van der Waals surface area contributed by atoms with E-state index in [1.807, 2.05) is 29.3 Å². The van der Waals surface area contributed by atoms with Crippen molar-refractivity contribution in [1.29, 1.82) is 0 Å². The summed E-state index contributed by atoms with van der Waals surface area (Å²) in [6.07, 6.45) is 8.98. The minimum absolute atomic E-state index is 0.132. The fourth-order valence-corrected chi connectivity index (χ4v) is 7.19. The highest BCUT2D eigenvalue weighted by atomic mass is 35.5. The first-order valence-electron chi connectivity index (χ1n) is 14.8. The number of alkyl halides is 2. The minimum Gasteiger partial charge on any atom is -0.366 e. The number of carbonyl (C=O) groups is 2. The maximum absolute atomic E-state index is 14.0. The molecule has 0 bridgehead atoms. The molecule has 0 radical (unpaired) electrons. The van der Waals surface area contributed by atoms with Crippen LogP contribution in [0.4, 0.5) is 20.2 Å². The number of nitrogens with one attached hydrogen (secondary N) is 1. The fourth-order valence-electron chi connectivity index (χ4n) is 7.03. The van der Waals surface area contributed by atoms with Crippen molar-refractivity contribution in [3.8, 4) is 0 Å². The van der Waals surface area contributed by atoms with Gasteiger partial charge in [-0.05, 0) is 68.6 Å². The number of benzene rings is 1. The standard InChI is InChI=1S/C31H33ClF2N6O2/c32-20-12-24(27(28(33)34)35-13-20)29(41)37-21-10-8-19(9-11-21)15-39-26-7-2-1-6-25(26)31(30(39)42)17-38(18-31)23-14-36-40(16-23)22-4-3-5-22/h1-2,6-7,12-14,16,19,21-22,28H,3-5,8-11,15,17-18H2,(H,37,41). The summed E-state index contributed by atoms with van der Waals surface area (Å²) in [6.45, 7) is 1.92. The van der Waals surface area contributed by atoms with Crippen LogP contribution in [0.2, 0.25) is 5.02 Å². The number of rotatable bonds is 7. The van der Waals surface area contributed by atoms with Crippen LogP contribution >= 0.6 is 11.6 Å². The van der Waals surface area contributed by atoms with E-state index in [1.165, 1.54) is 25.3 Å². The number of pyridine rings is 1. The Morgan fingerprint density at radius 1 is 1.10 bits per heavy atom. The summed E-state index contributed by atoms with van der Waals surface area (Å²) in [7, 11) is 0. The van der Waals surface area contributed by atoms with Crippen molar-refractivity contribution in [2.24, 2.45) is 5.92 Å². The molecule has 2 saturated carbocycles. The maximum Gasteiger partial charge on any atom is 0.281 e. The van der Waals surface area contributed by atoms with Gasteiger partial charge in [0.1, 0.15) is 11.1 Å². The summed E-state index contributed by atoms with van der Waals surface area (Å²) in [5.41, 5.74) is 1.89. The molecule has 220 valence electrons. The maximum atomic E-state index is 14.0. The van der Waals surface area contributed by atoms with E-state index in [-0.39, 0.29) is 28.5 Å². The summed E-state index contributed by atoms with van der Waals surface area (Å²) < 4.78 is 28.9. The second-order valence-electron chi connectivity index (χ2n) is 12.2. The van der Waals surface area contributed by atoms with E-state index < -0.39 is 23.4 Å². The van der Waals surface area contributed by atoms with Gasteiger partial charge in [-0.2, -0.15) is 5.10 Å². The van der Waals surface area contributed by atoms with E-state index >= 15 is 0 Å². The first kappa shape index (κ1) is 27.3. The largest absolute Gasteiger partial charge is 0.366 e. The van der Waals surface area contributed by atoms with Gasteiger partial charge in [0.2, 0.25) is 5.91 Å². The Bertz CT molecular complexity index is 1510. The molecule has 1 saturated heterocycles. The van der Waals surface area contributed by atoms with Gasteiger partial charge < -0.3 is 15.1 Å². The lowest BCUT2D eigenvalue weighted by atomic mass is 9.74. The van der Waals surface area contributed by atoms with E-state index in [9.17, 15) is 18.4 Å². The lowest BCUT2D eigenvalue weighted by Crippen LogP contribution is -2.64. The Morgan fingerprint density at radius 2 is 1.86 bits per heavy atom. The number of nitrogens with zero attached hydrogens (tertiary/aromatic N) is 5. The van der Waals surface area contributed by atoms with Crippen LogP contribution in [0.25, 0.3) is 0 Å². The average molecular weight is 595 g/mol. The molecule has 8 nitrogen and oxygen atoms in total. The highest BCUT2D eigenvalue weighted by Crippen LogP contribution is 2.49. The van der Waals surface area contributed by atoms with Crippen LogP contribution in [-0.2, 0) is 10.2 Å². The van der Waals surface area contributed by atoms with Gasteiger partial charge in [-0.15, -0.1) is 0 Å². The quantitative estimate of drug-likeness (QED) is 0.380. The number of hydrogen-bond donors (Lipinski definition) is 1. The highest BCUT2D eigenvalue weighted by molar-refractivity contribution is 6.30. The van der Waals surface area contributed by atoms with Gasteiger partial charge in [0.25, 0.3) is 12.3 Å². The Kier molecular flexibility index (Phi) is 6.91. The lowest BCUT2D eigenvalue weighted by molar-refractivity contribution is -0.124. The third-order valence-corrected chi connectivity index (χ3v) is 9.85. The molecule has 2 amide bonds. The van der Waals surface area contributed by atoms with Gasteiger partial charge in [-0.25, -0.2) is 8.78 Å². The molecular formula is C31H33ClF2N6O2. The van der Waals surface area contributed by atoms with Crippen LogP contribution in [-0.4, -0.2) is 52.3 Å². The van der Waals surface area contributed by atoms with Crippen molar-refractivity contribution in [2.75, 3.05) is 29.4 Å². The smallest absolute Gasteiger partial charge is 0.281 e. The molecule has 0 unspecified atom stereocenters. The van der Waals surface area contributed by atoms with Crippen molar-refractivity contribution >= 4 is 34.8 Å². The second kappa shape index (κ2) is 10.6. The average Bonchev–Trinajstić information content (AvgIpc) is 3.48.